The van der Waals surface area contributed by atoms with E-state index in [1.165, 1.54) is 0 Å². The maximum atomic E-state index is 11.7. The SMILES string of the molecule is CC(C)(C)OCC(=O)Nc1c(Cl)cc(S(N)(=O)=O)cc1Cl. The fraction of sp³-hybridized carbons (Fsp3) is 0.417. The maximum Gasteiger partial charge on any atom is 0.250 e. The van der Waals surface area contributed by atoms with Crippen LogP contribution in [0.15, 0.2) is 17.0 Å². The van der Waals surface area contributed by atoms with E-state index in [1.54, 1.807) is 20.8 Å². The van der Waals surface area contributed by atoms with Crippen molar-refractivity contribution in [2.45, 2.75) is 31.3 Å². The third-order valence-corrected chi connectivity index (χ3v) is 3.73. The number of benzene rings is 1. The van der Waals surface area contributed by atoms with E-state index < -0.39 is 21.5 Å². The third kappa shape index (κ3) is 5.80. The van der Waals surface area contributed by atoms with Crippen molar-refractivity contribution >= 4 is 44.8 Å². The van der Waals surface area contributed by atoms with Crippen LogP contribution >= 0.6 is 23.2 Å². The van der Waals surface area contributed by atoms with E-state index in [0.29, 0.717) is 0 Å². The van der Waals surface area contributed by atoms with Gasteiger partial charge in [-0.2, -0.15) is 0 Å². The first-order chi connectivity index (χ1) is 9.40. The molecule has 0 saturated heterocycles. The first-order valence-corrected chi connectivity index (χ1v) is 8.16. The summed E-state index contributed by atoms with van der Waals surface area (Å²) in [7, 11) is -3.93. The molecule has 1 amide bonds. The summed E-state index contributed by atoms with van der Waals surface area (Å²) >= 11 is 11.8. The largest absolute Gasteiger partial charge is 0.366 e. The van der Waals surface area contributed by atoms with E-state index in [2.05, 4.69) is 5.32 Å². The zero-order valence-corrected chi connectivity index (χ0v) is 14.1. The second-order valence-corrected chi connectivity index (χ2v) is 7.63. The molecule has 0 aliphatic carbocycles. The highest BCUT2D eigenvalue weighted by molar-refractivity contribution is 7.89. The highest BCUT2D eigenvalue weighted by Gasteiger charge is 2.18. The highest BCUT2D eigenvalue weighted by atomic mass is 35.5. The molecule has 6 nitrogen and oxygen atoms in total. The molecule has 0 aliphatic rings. The van der Waals surface area contributed by atoms with Gasteiger partial charge in [0, 0.05) is 0 Å². The highest BCUT2D eigenvalue weighted by Crippen LogP contribution is 2.33. The van der Waals surface area contributed by atoms with E-state index in [4.69, 9.17) is 33.1 Å². The van der Waals surface area contributed by atoms with E-state index in [9.17, 15) is 13.2 Å². The van der Waals surface area contributed by atoms with Gasteiger partial charge in [-0.05, 0) is 32.9 Å². The number of carbonyl (C=O) groups excluding carboxylic acids is 1. The van der Waals surface area contributed by atoms with Crippen LogP contribution in [0.4, 0.5) is 5.69 Å². The maximum absolute atomic E-state index is 11.7. The summed E-state index contributed by atoms with van der Waals surface area (Å²) in [4.78, 5) is 11.5. The molecule has 0 atom stereocenters. The summed E-state index contributed by atoms with van der Waals surface area (Å²) in [5, 5.41) is 7.39. The van der Waals surface area contributed by atoms with Crippen LogP contribution in [-0.2, 0) is 19.6 Å². The molecule has 1 rings (SSSR count). The van der Waals surface area contributed by atoms with Crippen LogP contribution in [0.2, 0.25) is 10.0 Å². The van der Waals surface area contributed by atoms with Gasteiger partial charge in [-0.25, -0.2) is 13.6 Å². The number of nitrogens with one attached hydrogen (secondary N) is 1. The molecule has 1 aromatic carbocycles. The molecular formula is C12H16Cl2N2O4S. The number of sulfonamides is 1. The number of primary sulfonamides is 1. The van der Waals surface area contributed by atoms with Gasteiger partial charge in [0.05, 0.1) is 26.2 Å². The van der Waals surface area contributed by atoms with Crippen LogP contribution in [-0.4, -0.2) is 26.5 Å². The van der Waals surface area contributed by atoms with Crippen LogP contribution in [0.5, 0.6) is 0 Å². The van der Waals surface area contributed by atoms with Gasteiger partial charge in [0.1, 0.15) is 6.61 Å². The van der Waals surface area contributed by atoms with Crippen LogP contribution in [0.3, 0.4) is 0 Å². The van der Waals surface area contributed by atoms with Crippen LogP contribution in [0.25, 0.3) is 0 Å². The number of anilines is 1. The zero-order valence-electron chi connectivity index (χ0n) is 11.7. The number of amides is 1. The standard InChI is InChI=1S/C12H16Cl2N2O4S/c1-12(2,3)20-6-10(17)16-11-8(13)4-7(5-9(11)14)21(15,18)19/h4-5H,6H2,1-3H3,(H,16,17)(H2,15,18,19). The van der Waals surface area contributed by atoms with Crippen molar-refractivity contribution in [2.24, 2.45) is 5.14 Å². The minimum absolute atomic E-state index is 0.0318. The molecule has 0 aliphatic heterocycles. The van der Waals surface area contributed by atoms with Gasteiger partial charge < -0.3 is 10.1 Å². The Bertz CT molecular complexity index is 631. The third-order valence-electron chi connectivity index (χ3n) is 2.24. The summed E-state index contributed by atoms with van der Waals surface area (Å²) in [5.41, 5.74) is -0.365. The molecule has 21 heavy (non-hydrogen) atoms. The number of nitrogens with two attached hydrogens (primary N) is 1. The normalized spacial score (nSPS) is 12.3. The van der Waals surface area contributed by atoms with Crippen molar-refractivity contribution in [3.63, 3.8) is 0 Å². The fourth-order valence-corrected chi connectivity index (χ4v) is 2.57. The van der Waals surface area contributed by atoms with Crippen molar-refractivity contribution in [3.8, 4) is 0 Å². The molecular weight excluding hydrogens is 339 g/mol. The predicted molar refractivity (Wildman–Crippen MR) is 82.2 cm³/mol. The number of hydrogen-bond donors (Lipinski definition) is 2. The Kier molecular flexibility index (Phi) is 5.63. The Hall–Kier alpha value is -0.860. The minimum atomic E-state index is -3.93. The minimum Gasteiger partial charge on any atom is -0.366 e. The molecule has 0 spiro atoms. The fourth-order valence-electron chi connectivity index (χ4n) is 1.29. The summed E-state index contributed by atoms with van der Waals surface area (Å²) in [6.07, 6.45) is 0. The molecule has 9 heteroatoms. The molecule has 0 unspecified atom stereocenters. The monoisotopic (exact) mass is 354 g/mol. The van der Waals surface area contributed by atoms with Gasteiger partial charge in [0.25, 0.3) is 0 Å². The smallest absolute Gasteiger partial charge is 0.250 e. The van der Waals surface area contributed by atoms with Gasteiger partial charge in [-0.3, -0.25) is 4.79 Å². The second kappa shape index (κ2) is 6.50. The zero-order chi connectivity index (χ0) is 16.4. The first-order valence-electron chi connectivity index (χ1n) is 5.86. The molecule has 0 heterocycles. The molecule has 0 fully saturated rings. The Morgan fingerprint density at radius 1 is 1.29 bits per heavy atom. The number of hydrogen-bond acceptors (Lipinski definition) is 4. The van der Waals surface area contributed by atoms with Gasteiger partial charge in [0.2, 0.25) is 15.9 Å². The van der Waals surface area contributed by atoms with Crippen LogP contribution < -0.4 is 10.5 Å². The molecule has 0 radical (unpaired) electrons. The molecule has 0 saturated carbocycles. The van der Waals surface area contributed by atoms with E-state index in [-0.39, 0.29) is 27.2 Å². The van der Waals surface area contributed by atoms with Crippen molar-refractivity contribution in [1.82, 2.24) is 0 Å². The Balaban J connectivity index is 2.93. The number of halogens is 2. The number of ether oxygens (including phenoxy) is 1. The summed E-state index contributed by atoms with van der Waals surface area (Å²) in [6, 6.07) is 2.23. The Morgan fingerprint density at radius 3 is 2.14 bits per heavy atom. The van der Waals surface area contributed by atoms with Crippen molar-refractivity contribution in [2.75, 3.05) is 11.9 Å². The summed E-state index contributed by atoms with van der Waals surface area (Å²) < 4.78 is 27.8. The summed E-state index contributed by atoms with van der Waals surface area (Å²) in [6.45, 7) is 5.23. The van der Waals surface area contributed by atoms with Gasteiger partial charge >= 0.3 is 0 Å². The van der Waals surface area contributed by atoms with Crippen molar-refractivity contribution < 1.29 is 17.9 Å². The van der Waals surface area contributed by atoms with Gasteiger partial charge in [-0.15, -0.1) is 0 Å². The lowest BCUT2D eigenvalue weighted by Crippen LogP contribution is -2.27. The number of carbonyl (C=O) groups is 1. The topological polar surface area (TPSA) is 98.5 Å². The summed E-state index contributed by atoms with van der Waals surface area (Å²) in [5.74, 6) is -0.461. The van der Waals surface area contributed by atoms with Gasteiger partial charge in [-0.1, -0.05) is 23.2 Å². The molecule has 1 aromatic rings. The number of rotatable bonds is 4. The quantitative estimate of drug-likeness (QED) is 0.866. The average molecular weight is 355 g/mol. The van der Waals surface area contributed by atoms with Crippen molar-refractivity contribution in [1.29, 1.82) is 0 Å². The van der Waals surface area contributed by atoms with E-state index >= 15 is 0 Å². The van der Waals surface area contributed by atoms with Crippen LogP contribution in [0.1, 0.15) is 20.8 Å². The molecule has 0 aromatic heterocycles. The lowest BCUT2D eigenvalue weighted by atomic mass is 10.2. The predicted octanol–water partition coefficient (Wildman–Crippen LogP) is 2.39. The molecule has 3 N–H and O–H groups in total. The molecule has 0 bridgehead atoms. The van der Waals surface area contributed by atoms with E-state index in [0.717, 1.165) is 12.1 Å². The average Bonchev–Trinajstić information content (AvgIpc) is 2.29. The first kappa shape index (κ1) is 18.2. The van der Waals surface area contributed by atoms with E-state index in [1.807, 2.05) is 0 Å². The van der Waals surface area contributed by atoms with Crippen LogP contribution in [0, 0.1) is 0 Å². The lowest BCUT2D eigenvalue weighted by molar-refractivity contribution is -0.125. The Morgan fingerprint density at radius 2 is 1.76 bits per heavy atom. The van der Waals surface area contributed by atoms with Crippen molar-refractivity contribution in [3.05, 3.63) is 22.2 Å². The van der Waals surface area contributed by atoms with Gasteiger partial charge in [0.15, 0.2) is 0 Å². The second-order valence-electron chi connectivity index (χ2n) is 5.26. The molecule has 118 valence electrons. The lowest BCUT2D eigenvalue weighted by Gasteiger charge is -2.19. The Labute approximate surface area is 133 Å².